The molecule has 0 spiro atoms. The Hall–Kier alpha value is -2.75. The quantitative estimate of drug-likeness (QED) is 0.154. The molecule has 0 aromatic heterocycles. The Morgan fingerprint density at radius 1 is 0.867 bits per heavy atom. The van der Waals surface area contributed by atoms with E-state index < -0.39 is 0 Å². The Bertz CT molecular complexity index is 1110. The molecule has 0 aliphatic heterocycles. The summed E-state index contributed by atoms with van der Waals surface area (Å²) in [6.07, 6.45) is 4.54. The van der Waals surface area contributed by atoms with E-state index in [-0.39, 0.29) is 95.0 Å². The molecule has 2 aromatic rings. The second kappa shape index (κ2) is 37.4. The van der Waals surface area contributed by atoms with Crippen molar-refractivity contribution in [2.24, 2.45) is 0 Å². The Balaban J connectivity index is -0.000000115. The van der Waals surface area contributed by atoms with Crippen molar-refractivity contribution in [1.82, 2.24) is 5.32 Å². The molecule has 8 heteroatoms. The third kappa shape index (κ3) is 35.6. The van der Waals surface area contributed by atoms with Crippen molar-refractivity contribution < 1.29 is 70.6 Å². The van der Waals surface area contributed by atoms with Crippen LogP contribution in [0, 0.1) is 20.8 Å². The number of allylic oxidation sites excluding steroid dienone is 3. The number of ketones is 2. The summed E-state index contributed by atoms with van der Waals surface area (Å²) in [5.41, 5.74) is 5.10. The molecular weight excluding hydrogens is 590 g/mol. The van der Waals surface area contributed by atoms with Crippen LogP contribution in [0.3, 0.4) is 0 Å². The minimum atomic E-state index is -0.381. The number of amides is 2. The van der Waals surface area contributed by atoms with Gasteiger partial charge < -0.3 is 27.3 Å². The van der Waals surface area contributed by atoms with Crippen molar-refractivity contribution in [1.29, 1.82) is 0 Å². The maximum Gasteiger partial charge on any atom is 1.00 e. The fourth-order valence-electron chi connectivity index (χ4n) is 2.78. The van der Waals surface area contributed by atoms with Crippen LogP contribution in [0.1, 0.15) is 79.9 Å². The number of carbonyl (C=O) groups excluding carboxylic acids is 4. The van der Waals surface area contributed by atoms with E-state index >= 15 is 0 Å². The van der Waals surface area contributed by atoms with Crippen LogP contribution in [0.5, 0.6) is 0 Å². The van der Waals surface area contributed by atoms with Crippen LogP contribution in [-0.2, 0) is 19.2 Å². The maximum atomic E-state index is 11.1. The number of anilines is 2. The Kier molecular flexibility index (Phi) is 45.5. The first kappa shape index (κ1) is 54.7. The topological polar surface area (TPSA) is 95.6 Å². The van der Waals surface area contributed by atoms with Crippen LogP contribution in [0.2, 0.25) is 0 Å². The van der Waals surface area contributed by atoms with E-state index in [1.165, 1.54) is 23.7 Å². The van der Waals surface area contributed by atoms with Crippen molar-refractivity contribution in [3.05, 3.63) is 104 Å². The number of hydrogen-bond donors (Lipinski definition) is 2. The molecule has 0 heterocycles. The number of hydrogen-bond acceptors (Lipinski definition) is 5. The van der Waals surface area contributed by atoms with Gasteiger partial charge in [-0.3, -0.25) is 14.4 Å². The van der Waals surface area contributed by atoms with Crippen molar-refractivity contribution in [3.8, 4) is 0 Å². The molecule has 0 saturated heterocycles. The van der Waals surface area contributed by atoms with E-state index in [1.807, 2.05) is 59.7 Å². The molecule has 0 radical (unpaired) electrons. The molecule has 7 nitrogen and oxygen atoms in total. The van der Waals surface area contributed by atoms with Gasteiger partial charge in [0.15, 0.2) is 0 Å². The zero-order chi connectivity index (χ0) is 34.4. The number of carbonyl (C=O) groups is 4. The van der Waals surface area contributed by atoms with E-state index in [2.05, 4.69) is 81.8 Å². The van der Waals surface area contributed by atoms with Gasteiger partial charge in [-0.05, 0) is 56.2 Å². The predicted molar refractivity (Wildman–Crippen MR) is 193 cm³/mol. The van der Waals surface area contributed by atoms with Crippen LogP contribution in [0.4, 0.5) is 11.4 Å². The van der Waals surface area contributed by atoms with Crippen LogP contribution in [0.25, 0.3) is 0 Å². The van der Waals surface area contributed by atoms with Gasteiger partial charge in [0.05, 0.1) is 12.8 Å². The van der Waals surface area contributed by atoms with Gasteiger partial charge in [-0.15, -0.1) is 0 Å². The van der Waals surface area contributed by atoms with Crippen LogP contribution >= 0.6 is 0 Å². The van der Waals surface area contributed by atoms with Gasteiger partial charge in [-0.2, -0.15) is 0 Å². The Morgan fingerprint density at radius 3 is 1.78 bits per heavy atom. The van der Waals surface area contributed by atoms with Gasteiger partial charge in [0.1, 0.15) is 5.78 Å². The number of nitrogens with zero attached hydrogens (tertiary/aromatic N) is 1. The average molecular weight is 650 g/mol. The smallest absolute Gasteiger partial charge is 0.377 e. The fourth-order valence-corrected chi connectivity index (χ4v) is 2.78. The molecule has 248 valence electrons. The van der Waals surface area contributed by atoms with Gasteiger partial charge in [0.25, 0.3) is 0 Å². The summed E-state index contributed by atoms with van der Waals surface area (Å²) in [4.78, 5) is 45.2. The van der Waals surface area contributed by atoms with Gasteiger partial charge in [0, 0.05) is 37.0 Å². The fraction of sp³-hybridized carbons (Fsp3) is 0.378. The number of para-hydroxylation sites is 1. The summed E-state index contributed by atoms with van der Waals surface area (Å²) in [6.45, 7) is 27.8. The molecule has 0 fully saturated rings. The van der Waals surface area contributed by atoms with E-state index in [0.717, 1.165) is 0 Å². The second-order valence-corrected chi connectivity index (χ2v) is 8.36. The largest absolute Gasteiger partial charge is 1.00 e. The first-order chi connectivity index (χ1) is 20.3. The van der Waals surface area contributed by atoms with Crippen molar-refractivity contribution >= 4 is 34.8 Å². The van der Waals surface area contributed by atoms with Crippen LogP contribution in [0.15, 0.2) is 85.6 Å². The van der Waals surface area contributed by atoms with E-state index in [0.29, 0.717) is 11.4 Å². The van der Waals surface area contributed by atoms with Crippen LogP contribution in [-0.4, -0.2) is 37.5 Å². The van der Waals surface area contributed by atoms with E-state index in [4.69, 9.17) is 0 Å². The molecule has 45 heavy (non-hydrogen) atoms. The summed E-state index contributed by atoms with van der Waals surface area (Å²) in [6, 6.07) is 15.5. The Morgan fingerprint density at radius 2 is 1.38 bits per heavy atom. The molecule has 2 N–H and O–H groups in total. The summed E-state index contributed by atoms with van der Waals surface area (Å²) in [7, 11) is 4.14. The Labute approximate surface area is 318 Å². The molecule has 0 aliphatic carbocycles. The number of aryl methyl sites for hydroxylation is 2. The molecular formula is C37H60KN3O4. The molecule has 2 amide bonds. The summed E-state index contributed by atoms with van der Waals surface area (Å²) < 4.78 is 0. The third-order valence-electron chi connectivity index (χ3n) is 4.40. The molecule has 2 rings (SSSR count). The molecule has 0 bridgehead atoms. The van der Waals surface area contributed by atoms with Gasteiger partial charge >= 0.3 is 51.4 Å². The summed E-state index contributed by atoms with van der Waals surface area (Å²) in [5, 5.41) is 5.03. The van der Waals surface area contributed by atoms with Crippen molar-refractivity contribution in [2.45, 2.75) is 82.6 Å². The predicted octanol–water partition coefficient (Wildman–Crippen LogP) is 5.84. The summed E-state index contributed by atoms with van der Waals surface area (Å²) >= 11 is 0. The average Bonchev–Trinajstić information content (AvgIpc) is 2.96. The van der Waals surface area contributed by atoms with E-state index in [9.17, 15) is 19.2 Å². The minimum absolute atomic E-state index is 0. The first-order valence-corrected chi connectivity index (χ1v) is 14.6. The number of Topliss-reactive ketones (excluding diaryl/α,β-unsaturated/α-hetero) is 2. The summed E-state index contributed by atoms with van der Waals surface area (Å²) in [5.74, 6) is -1.22. The monoisotopic (exact) mass is 649 g/mol. The maximum absolute atomic E-state index is 11.1. The van der Waals surface area contributed by atoms with Crippen molar-refractivity contribution in [2.75, 3.05) is 24.3 Å². The molecule has 0 unspecified atom stereocenters. The van der Waals surface area contributed by atoms with Crippen LogP contribution < -0.4 is 66.9 Å². The second-order valence-electron chi connectivity index (χ2n) is 8.36. The zero-order valence-electron chi connectivity index (χ0n) is 29.5. The first-order valence-electron chi connectivity index (χ1n) is 14.6. The number of nitrogens with one attached hydrogen (secondary N) is 2. The van der Waals surface area contributed by atoms with Gasteiger partial charge in [-0.25, -0.2) is 0 Å². The minimum Gasteiger partial charge on any atom is -0.377 e. The molecule has 2 aromatic carbocycles. The molecule has 0 saturated carbocycles. The number of rotatable bonds is 9. The van der Waals surface area contributed by atoms with Gasteiger partial charge in [-0.1, -0.05) is 105 Å². The SMILES string of the molecule is C.C=C/C=C\C(=C)NC(=O)CC(C)=O.CC.CC.CC.Cc1ccc(C)c(N(C)C)c1.[CH2-]C(=O)CC(=O)Nc1ccccc1.[K+]. The number of benzene rings is 2. The third-order valence-corrected chi connectivity index (χ3v) is 4.40. The standard InChI is InChI=1S/C10H10NO2.C10H13NO2.C10H15N.3C2H6.CH4.K/c1-8(12)7-10(13)11-9-5-3-2-4-6-9;1-4-5-6-8(2)11-10(13)7-9(3)12;1-8-5-6-9(2)10(7-8)11(3)4;3*1-2;;/h2-6H,1,7H2,(H,11,13);4-6H,1-2,7H2,3H3,(H,11,13);5-7H,1-4H3;3*1-2H3;1H4;/q-1;;;;;;;+1/b;6-5-;;;;;;. The normalized spacial score (nSPS) is 8.24. The van der Waals surface area contributed by atoms with Crippen molar-refractivity contribution in [3.63, 3.8) is 0 Å². The zero-order valence-corrected chi connectivity index (χ0v) is 32.6. The van der Waals surface area contributed by atoms with E-state index in [1.54, 1.807) is 30.4 Å². The molecule has 0 aliphatic rings. The molecule has 0 atom stereocenters. The van der Waals surface area contributed by atoms with Gasteiger partial charge in [0.2, 0.25) is 11.8 Å².